The van der Waals surface area contributed by atoms with Crippen molar-refractivity contribution < 1.29 is 8.42 Å². The first-order valence-electron chi connectivity index (χ1n) is 4.32. The van der Waals surface area contributed by atoms with Crippen molar-refractivity contribution in [1.29, 1.82) is 5.41 Å². The number of nitrogens with zero attached hydrogens (tertiary/aromatic N) is 1. The molecule has 0 saturated heterocycles. The fourth-order valence-corrected chi connectivity index (χ4v) is 2.21. The predicted molar refractivity (Wildman–Crippen MR) is 54.9 cm³/mol. The Morgan fingerprint density at radius 3 is 2.87 bits per heavy atom. The van der Waals surface area contributed by atoms with Crippen LogP contribution in [-0.4, -0.2) is 30.5 Å². The third kappa shape index (κ3) is 2.77. The zero-order valence-corrected chi connectivity index (χ0v) is 9.00. The standard InChI is InChI=1S/C7H13N5O2S/c1-2-6(7(8)9)12-15(13,14)5-3-10-11-4-5/h3-4,6,12H,2H2,1H3,(H3,8,9)(H,10,11). The van der Waals surface area contributed by atoms with Crippen LogP contribution in [0, 0.1) is 5.41 Å². The Morgan fingerprint density at radius 1 is 1.80 bits per heavy atom. The summed E-state index contributed by atoms with van der Waals surface area (Å²) in [6.45, 7) is 1.74. The molecule has 0 aliphatic carbocycles. The lowest BCUT2D eigenvalue weighted by atomic mass is 10.2. The third-order valence-electron chi connectivity index (χ3n) is 1.86. The zero-order chi connectivity index (χ0) is 11.5. The number of sulfonamides is 1. The Morgan fingerprint density at radius 2 is 2.47 bits per heavy atom. The summed E-state index contributed by atoms with van der Waals surface area (Å²) in [5.41, 5.74) is 5.24. The smallest absolute Gasteiger partial charge is 0.244 e. The van der Waals surface area contributed by atoms with Crippen molar-refractivity contribution >= 4 is 15.9 Å². The summed E-state index contributed by atoms with van der Waals surface area (Å²) in [7, 11) is -3.64. The molecular weight excluding hydrogens is 218 g/mol. The van der Waals surface area contributed by atoms with Crippen LogP contribution in [0.1, 0.15) is 13.3 Å². The number of rotatable bonds is 5. The highest BCUT2D eigenvalue weighted by Crippen LogP contribution is 2.06. The lowest BCUT2D eigenvalue weighted by Crippen LogP contribution is -2.43. The van der Waals surface area contributed by atoms with Gasteiger partial charge in [-0.25, -0.2) is 13.1 Å². The van der Waals surface area contributed by atoms with Gasteiger partial charge >= 0.3 is 0 Å². The molecule has 1 rings (SSSR count). The van der Waals surface area contributed by atoms with Crippen LogP contribution >= 0.6 is 0 Å². The monoisotopic (exact) mass is 231 g/mol. The maximum atomic E-state index is 11.6. The average Bonchev–Trinajstić information content (AvgIpc) is 2.67. The fraction of sp³-hybridized carbons (Fsp3) is 0.429. The van der Waals surface area contributed by atoms with E-state index in [0.29, 0.717) is 6.42 Å². The van der Waals surface area contributed by atoms with Gasteiger partial charge in [-0.15, -0.1) is 0 Å². The average molecular weight is 231 g/mol. The fourth-order valence-electron chi connectivity index (χ4n) is 1.01. The van der Waals surface area contributed by atoms with Gasteiger partial charge in [0.1, 0.15) is 10.7 Å². The molecule has 7 nitrogen and oxygen atoms in total. The molecule has 1 heterocycles. The minimum absolute atomic E-state index is 0.0298. The molecule has 0 aliphatic rings. The number of nitrogens with two attached hydrogens (primary N) is 1. The molecule has 0 radical (unpaired) electrons. The third-order valence-corrected chi connectivity index (χ3v) is 3.30. The van der Waals surface area contributed by atoms with Crippen LogP contribution < -0.4 is 10.5 Å². The van der Waals surface area contributed by atoms with Gasteiger partial charge in [-0.05, 0) is 6.42 Å². The lowest BCUT2D eigenvalue weighted by molar-refractivity contribution is 0.571. The molecule has 5 N–H and O–H groups in total. The van der Waals surface area contributed by atoms with E-state index in [-0.39, 0.29) is 10.7 Å². The molecule has 0 amide bonds. The predicted octanol–water partition coefficient (Wildman–Crippen LogP) is -0.597. The molecule has 0 aliphatic heterocycles. The van der Waals surface area contributed by atoms with Crippen molar-refractivity contribution in [1.82, 2.24) is 14.9 Å². The number of amidine groups is 1. The van der Waals surface area contributed by atoms with Crippen LogP contribution in [0.2, 0.25) is 0 Å². The summed E-state index contributed by atoms with van der Waals surface area (Å²) in [6.07, 6.45) is 2.87. The van der Waals surface area contributed by atoms with E-state index in [9.17, 15) is 8.42 Å². The van der Waals surface area contributed by atoms with Crippen LogP contribution in [0.4, 0.5) is 0 Å². The van der Waals surface area contributed by atoms with Gasteiger partial charge < -0.3 is 5.73 Å². The van der Waals surface area contributed by atoms with Gasteiger partial charge in [0.2, 0.25) is 10.0 Å². The Labute approximate surface area is 87.6 Å². The van der Waals surface area contributed by atoms with Crippen molar-refractivity contribution in [2.45, 2.75) is 24.3 Å². The number of hydrogen-bond acceptors (Lipinski definition) is 4. The molecule has 0 aromatic carbocycles. The number of H-pyrrole nitrogens is 1. The molecule has 1 aromatic heterocycles. The first-order valence-corrected chi connectivity index (χ1v) is 5.80. The van der Waals surface area contributed by atoms with Crippen molar-refractivity contribution in [3.63, 3.8) is 0 Å². The van der Waals surface area contributed by atoms with Crippen LogP contribution in [0.15, 0.2) is 17.3 Å². The van der Waals surface area contributed by atoms with Gasteiger partial charge in [0.05, 0.1) is 12.2 Å². The number of hydrogen-bond donors (Lipinski definition) is 4. The van der Waals surface area contributed by atoms with Gasteiger partial charge in [-0.1, -0.05) is 6.92 Å². The van der Waals surface area contributed by atoms with E-state index in [1.807, 2.05) is 0 Å². The Balaban J connectivity index is 2.86. The largest absolute Gasteiger partial charge is 0.386 e. The van der Waals surface area contributed by atoms with Crippen molar-refractivity contribution in [3.8, 4) is 0 Å². The maximum Gasteiger partial charge on any atom is 0.244 e. The number of aromatic nitrogens is 2. The summed E-state index contributed by atoms with van der Waals surface area (Å²) in [5, 5.41) is 13.1. The second kappa shape index (κ2) is 4.41. The maximum absolute atomic E-state index is 11.6. The SMILES string of the molecule is CCC(NS(=O)(=O)c1cn[nH]c1)C(=N)N. The van der Waals surface area contributed by atoms with E-state index in [4.69, 9.17) is 11.1 Å². The molecule has 0 fully saturated rings. The molecule has 8 heteroatoms. The molecular formula is C7H13N5O2S. The first kappa shape index (κ1) is 11.7. The Kier molecular flexibility index (Phi) is 3.43. The normalized spacial score (nSPS) is 13.7. The summed E-state index contributed by atoms with van der Waals surface area (Å²) in [4.78, 5) is 0.0298. The molecule has 15 heavy (non-hydrogen) atoms. The van der Waals surface area contributed by atoms with Crippen LogP contribution in [0.25, 0.3) is 0 Å². The summed E-state index contributed by atoms with van der Waals surface area (Å²) < 4.78 is 25.6. The highest BCUT2D eigenvalue weighted by Gasteiger charge is 2.21. The van der Waals surface area contributed by atoms with Gasteiger partial charge in [-0.2, -0.15) is 5.10 Å². The van der Waals surface area contributed by atoms with E-state index in [2.05, 4.69) is 14.9 Å². The van der Waals surface area contributed by atoms with Crippen LogP contribution in [-0.2, 0) is 10.0 Å². The quantitative estimate of drug-likeness (QED) is 0.399. The van der Waals surface area contributed by atoms with Gasteiger partial charge in [0.25, 0.3) is 0 Å². The summed E-state index contributed by atoms with van der Waals surface area (Å²) >= 11 is 0. The first-order chi connectivity index (χ1) is 6.97. The van der Waals surface area contributed by atoms with E-state index < -0.39 is 16.1 Å². The number of aromatic amines is 1. The van der Waals surface area contributed by atoms with E-state index in [1.54, 1.807) is 6.92 Å². The van der Waals surface area contributed by atoms with Crippen molar-refractivity contribution in [2.24, 2.45) is 5.73 Å². The van der Waals surface area contributed by atoms with Gasteiger partial charge in [0.15, 0.2) is 0 Å². The minimum Gasteiger partial charge on any atom is -0.386 e. The van der Waals surface area contributed by atoms with E-state index >= 15 is 0 Å². The minimum atomic E-state index is -3.64. The molecule has 0 saturated carbocycles. The van der Waals surface area contributed by atoms with Gasteiger partial charge in [0, 0.05) is 6.20 Å². The van der Waals surface area contributed by atoms with Crippen molar-refractivity contribution in [2.75, 3.05) is 0 Å². The molecule has 1 atom stereocenters. The highest BCUT2D eigenvalue weighted by molar-refractivity contribution is 7.89. The molecule has 1 aromatic rings. The molecule has 0 bridgehead atoms. The van der Waals surface area contributed by atoms with Crippen LogP contribution in [0.5, 0.6) is 0 Å². The summed E-state index contributed by atoms with van der Waals surface area (Å²) in [6, 6.07) is -0.676. The highest BCUT2D eigenvalue weighted by atomic mass is 32.2. The molecule has 1 unspecified atom stereocenters. The zero-order valence-electron chi connectivity index (χ0n) is 8.19. The van der Waals surface area contributed by atoms with Crippen molar-refractivity contribution in [3.05, 3.63) is 12.4 Å². The lowest BCUT2D eigenvalue weighted by Gasteiger charge is -2.14. The van der Waals surface area contributed by atoms with Crippen LogP contribution in [0.3, 0.4) is 0 Å². The summed E-state index contributed by atoms with van der Waals surface area (Å²) in [5.74, 6) is -0.204. The van der Waals surface area contributed by atoms with Gasteiger partial charge in [-0.3, -0.25) is 10.5 Å². The number of nitrogens with one attached hydrogen (secondary N) is 3. The second-order valence-electron chi connectivity index (χ2n) is 2.97. The Hall–Kier alpha value is -1.41. The molecule has 84 valence electrons. The second-order valence-corrected chi connectivity index (χ2v) is 4.69. The van der Waals surface area contributed by atoms with E-state index in [1.165, 1.54) is 12.4 Å². The topological polar surface area (TPSA) is 125 Å². The Bertz CT molecular complexity index is 424. The van der Waals surface area contributed by atoms with E-state index in [0.717, 1.165) is 0 Å². The molecule has 0 spiro atoms.